The summed E-state index contributed by atoms with van der Waals surface area (Å²) in [6, 6.07) is 5.08. The highest BCUT2D eigenvalue weighted by Gasteiger charge is 2.11. The van der Waals surface area contributed by atoms with E-state index in [-0.39, 0.29) is 16.7 Å². The zero-order valence-electron chi connectivity index (χ0n) is 10.2. The topological polar surface area (TPSA) is 102 Å². The fourth-order valence-electron chi connectivity index (χ4n) is 1.36. The number of alkyl carbamates (subject to hydrolysis) is 1. The Kier molecular flexibility index (Phi) is 5.46. The Labute approximate surface area is 121 Å². The van der Waals surface area contributed by atoms with E-state index in [1.807, 2.05) is 0 Å². The summed E-state index contributed by atoms with van der Waals surface area (Å²) in [6.45, 7) is 1.95. The lowest BCUT2D eigenvalue weighted by Gasteiger charge is -2.14. The van der Waals surface area contributed by atoms with Crippen LogP contribution in [0.3, 0.4) is 0 Å². The van der Waals surface area contributed by atoms with Crippen molar-refractivity contribution in [3.05, 3.63) is 23.8 Å². The van der Waals surface area contributed by atoms with E-state index in [0.717, 1.165) is 0 Å². The quantitative estimate of drug-likeness (QED) is 0.493. The molecule has 0 aliphatic carbocycles. The van der Waals surface area contributed by atoms with Crippen LogP contribution in [-0.2, 0) is 4.74 Å². The van der Waals surface area contributed by atoms with E-state index >= 15 is 0 Å². The first kappa shape index (κ1) is 15.1. The Morgan fingerprint density at radius 1 is 1.42 bits per heavy atom. The van der Waals surface area contributed by atoms with Crippen molar-refractivity contribution in [2.75, 3.05) is 17.7 Å². The molecule has 6 N–H and O–H groups in total. The van der Waals surface area contributed by atoms with Crippen LogP contribution in [0.4, 0.5) is 16.2 Å². The number of hydrogen-bond acceptors (Lipinski definition) is 5. The fourth-order valence-corrected chi connectivity index (χ4v) is 1.78. The number of nitrogens with one attached hydrogen (secondary N) is 2. The second-order valence-corrected chi connectivity index (χ2v) is 4.28. The molecule has 0 aliphatic rings. The molecule has 0 aromatic heterocycles. The van der Waals surface area contributed by atoms with Gasteiger partial charge in [0.15, 0.2) is 5.11 Å². The van der Waals surface area contributed by atoms with Crippen molar-refractivity contribution in [2.45, 2.75) is 6.92 Å². The molecule has 6 nitrogen and oxygen atoms in total. The monoisotopic (exact) mass is 298 g/mol. The first-order valence-corrected chi connectivity index (χ1v) is 6.20. The summed E-state index contributed by atoms with van der Waals surface area (Å²) in [4.78, 5) is 11.3. The number of nitrogens with two attached hydrogens (primary N) is 2. The number of rotatable bonds is 3. The third-order valence-corrected chi connectivity index (χ3v) is 2.49. The lowest BCUT2D eigenvalue weighted by Crippen LogP contribution is -2.35. The molecular weight excluding hydrogens is 284 g/mol. The van der Waals surface area contributed by atoms with Crippen molar-refractivity contribution in [2.24, 2.45) is 5.73 Å². The van der Waals surface area contributed by atoms with Crippen LogP contribution in [0, 0.1) is 0 Å². The average molecular weight is 298 g/mol. The molecular formula is C11H14N4O2S2. The second-order valence-electron chi connectivity index (χ2n) is 3.43. The molecule has 0 spiro atoms. The molecule has 0 bridgehead atoms. The Balaban J connectivity index is 2.83. The predicted molar refractivity (Wildman–Crippen MR) is 83.1 cm³/mol. The maximum Gasteiger partial charge on any atom is 0.413 e. The highest BCUT2D eigenvalue weighted by atomic mass is 32.1. The standard InChI is InChI=1S/C11H14N4O2S2/c1-2-17-11(16)15-10(19)14-7-5-3-4-6(12)8(7)9(13)18/h3-5H,2,12H2,1H3,(H2,13,18)(H2,14,15,16,19). The molecule has 1 rings (SSSR count). The Hall–Kier alpha value is -1.93. The average Bonchev–Trinajstić information content (AvgIpc) is 2.28. The van der Waals surface area contributed by atoms with Gasteiger partial charge in [-0.2, -0.15) is 0 Å². The van der Waals surface area contributed by atoms with Crippen LogP contribution in [0.2, 0.25) is 0 Å². The number of anilines is 2. The van der Waals surface area contributed by atoms with Gasteiger partial charge in [-0.15, -0.1) is 0 Å². The molecule has 8 heteroatoms. The lowest BCUT2D eigenvalue weighted by molar-refractivity contribution is 0.158. The first-order valence-electron chi connectivity index (χ1n) is 5.38. The van der Waals surface area contributed by atoms with E-state index in [9.17, 15) is 4.79 Å². The molecule has 0 fully saturated rings. The molecule has 102 valence electrons. The van der Waals surface area contributed by atoms with E-state index in [2.05, 4.69) is 10.6 Å². The summed E-state index contributed by atoms with van der Waals surface area (Å²) in [5.41, 5.74) is 12.8. The van der Waals surface area contributed by atoms with Crippen LogP contribution in [-0.4, -0.2) is 22.8 Å². The molecule has 0 aliphatic heterocycles. The van der Waals surface area contributed by atoms with Crippen LogP contribution in [0.5, 0.6) is 0 Å². The van der Waals surface area contributed by atoms with Crippen molar-refractivity contribution >= 4 is 52.0 Å². The molecule has 0 atom stereocenters. The van der Waals surface area contributed by atoms with Crippen molar-refractivity contribution < 1.29 is 9.53 Å². The zero-order valence-corrected chi connectivity index (χ0v) is 11.9. The second kappa shape index (κ2) is 6.86. The van der Waals surface area contributed by atoms with E-state index in [1.165, 1.54) is 0 Å². The van der Waals surface area contributed by atoms with Crippen molar-refractivity contribution in [3.63, 3.8) is 0 Å². The smallest absolute Gasteiger partial charge is 0.413 e. The van der Waals surface area contributed by atoms with Gasteiger partial charge in [-0.3, -0.25) is 5.32 Å². The van der Waals surface area contributed by atoms with Crippen LogP contribution in [0.25, 0.3) is 0 Å². The minimum Gasteiger partial charge on any atom is -0.450 e. The summed E-state index contributed by atoms with van der Waals surface area (Å²) in [5, 5.41) is 5.21. The molecule has 0 unspecified atom stereocenters. The largest absolute Gasteiger partial charge is 0.450 e. The minimum absolute atomic E-state index is 0.0709. The van der Waals surface area contributed by atoms with Crippen LogP contribution in [0.15, 0.2) is 18.2 Å². The van der Waals surface area contributed by atoms with E-state index < -0.39 is 6.09 Å². The Morgan fingerprint density at radius 2 is 2.11 bits per heavy atom. The van der Waals surface area contributed by atoms with Gasteiger partial charge in [0.25, 0.3) is 0 Å². The van der Waals surface area contributed by atoms with Crippen LogP contribution < -0.4 is 22.1 Å². The van der Waals surface area contributed by atoms with E-state index in [1.54, 1.807) is 25.1 Å². The van der Waals surface area contributed by atoms with E-state index in [4.69, 9.17) is 40.6 Å². The number of carbonyl (C=O) groups is 1. The maximum absolute atomic E-state index is 11.2. The van der Waals surface area contributed by atoms with Crippen molar-refractivity contribution in [1.29, 1.82) is 0 Å². The van der Waals surface area contributed by atoms with Gasteiger partial charge in [-0.25, -0.2) is 4.79 Å². The van der Waals surface area contributed by atoms with Gasteiger partial charge in [0.2, 0.25) is 0 Å². The SMILES string of the molecule is CCOC(=O)NC(=S)Nc1cccc(N)c1C(N)=S. The van der Waals surface area contributed by atoms with Gasteiger partial charge >= 0.3 is 6.09 Å². The van der Waals surface area contributed by atoms with Gasteiger partial charge in [0, 0.05) is 5.69 Å². The number of ether oxygens (including phenoxy) is 1. The summed E-state index contributed by atoms with van der Waals surface area (Å²) in [5.74, 6) is 0. The predicted octanol–water partition coefficient (Wildman–Crippen LogP) is 1.35. The Bertz CT molecular complexity index is 519. The summed E-state index contributed by atoms with van der Waals surface area (Å²) in [6.07, 6.45) is -0.638. The number of carbonyl (C=O) groups excluding carboxylic acids is 1. The van der Waals surface area contributed by atoms with Crippen molar-refractivity contribution in [1.82, 2.24) is 5.32 Å². The third kappa shape index (κ3) is 4.34. The van der Waals surface area contributed by atoms with Crippen LogP contribution >= 0.6 is 24.4 Å². The number of nitrogen functional groups attached to an aromatic ring is 1. The van der Waals surface area contributed by atoms with E-state index in [0.29, 0.717) is 16.9 Å². The van der Waals surface area contributed by atoms with Gasteiger partial charge < -0.3 is 21.5 Å². The van der Waals surface area contributed by atoms with Crippen LogP contribution in [0.1, 0.15) is 12.5 Å². The summed E-state index contributed by atoms with van der Waals surface area (Å²) >= 11 is 9.89. The molecule has 0 saturated heterocycles. The molecule has 0 radical (unpaired) electrons. The zero-order chi connectivity index (χ0) is 14.4. The normalized spacial score (nSPS) is 9.53. The van der Waals surface area contributed by atoms with Gasteiger partial charge in [-0.05, 0) is 31.3 Å². The molecule has 19 heavy (non-hydrogen) atoms. The molecule has 1 aromatic carbocycles. The van der Waals surface area contributed by atoms with Gasteiger partial charge in [-0.1, -0.05) is 18.3 Å². The highest BCUT2D eigenvalue weighted by Crippen LogP contribution is 2.21. The number of benzene rings is 1. The Morgan fingerprint density at radius 3 is 2.68 bits per heavy atom. The third-order valence-electron chi connectivity index (χ3n) is 2.08. The van der Waals surface area contributed by atoms with Gasteiger partial charge in [0.05, 0.1) is 17.9 Å². The number of hydrogen-bond donors (Lipinski definition) is 4. The fraction of sp³-hybridized carbons (Fsp3) is 0.182. The summed E-state index contributed by atoms with van der Waals surface area (Å²) in [7, 11) is 0. The van der Waals surface area contributed by atoms with Gasteiger partial charge in [0.1, 0.15) is 4.99 Å². The maximum atomic E-state index is 11.2. The number of thiocarbonyl (C=S) groups is 2. The molecule has 0 saturated carbocycles. The highest BCUT2D eigenvalue weighted by molar-refractivity contribution is 7.81. The minimum atomic E-state index is -0.638. The molecule has 1 amide bonds. The first-order chi connectivity index (χ1) is 8.95. The molecule has 0 heterocycles. The van der Waals surface area contributed by atoms with Crippen molar-refractivity contribution in [3.8, 4) is 0 Å². The number of amides is 1. The molecule has 1 aromatic rings. The lowest BCUT2D eigenvalue weighted by atomic mass is 10.1. The summed E-state index contributed by atoms with van der Waals surface area (Å²) < 4.78 is 4.70.